The molecule has 5 rings (SSSR count). The highest BCUT2D eigenvalue weighted by molar-refractivity contribution is 7.97. The predicted molar refractivity (Wildman–Crippen MR) is 209 cm³/mol. The van der Waals surface area contributed by atoms with E-state index in [9.17, 15) is 4.79 Å². The van der Waals surface area contributed by atoms with Crippen LogP contribution in [0.25, 0.3) is 0 Å². The number of hydrazine groups is 1. The highest BCUT2D eigenvalue weighted by Crippen LogP contribution is 2.39. The summed E-state index contributed by atoms with van der Waals surface area (Å²) in [6.45, 7) is 10.8. The van der Waals surface area contributed by atoms with Crippen LogP contribution in [-0.4, -0.2) is 51.2 Å². The minimum Gasteiger partial charge on any atom is -0.401 e. The van der Waals surface area contributed by atoms with E-state index in [1.165, 1.54) is 16.7 Å². The molecule has 2 aliphatic heterocycles. The molecule has 2 heterocycles. The van der Waals surface area contributed by atoms with Crippen LogP contribution in [-0.2, 0) is 17.8 Å². The topological polar surface area (TPSA) is 90.9 Å². The molecule has 11 heteroatoms. The number of nitrogens with one attached hydrogen (secondary N) is 1. The first-order valence-electron chi connectivity index (χ1n) is 17.0. The quantitative estimate of drug-likeness (QED) is 0.0628. The Labute approximate surface area is 308 Å². The first-order valence-corrected chi connectivity index (χ1v) is 19.2. The minimum absolute atomic E-state index is 0.0674. The third-order valence-electron chi connectivity index (χ3n) is 9.39. The summed E-state index contributed by atoms with van der Waals surface area (Å²) in [5, 5.41) is 6.35. The molecule has 0 bridgehead atoms. The molecule has 49 heavy (non-hydrogen) atoms. The number of rotatable bonds is 15. The Morgan fingerprint density at radius 1 is 1.08 bits per heavy atom. The molecule has 0 aromatic heterocycles. The van der Waals surface area contributed by atoms with Crippen LogP contribution < -0.4 is 16.9 Å². The average molecular weight is 740 g/mol. The number of allylic oxidation sites excluding steroid dienone is 1. The van der Waals surface area contributed by atoms with Gasteiger partial charge in [-0.05, 0) is 78.9 Å². The monoisotopic (exact) mass is 738 g/mol. The van der Waals surface area contributed by atoms with Crippen LogP contribution in [0.1, 0.15) is 62.0 Å². The van der Waals surface area contributed by atoms with Crippen LogP contribution >= 0.6 is 44.4 Å². The molecule has 0 amide bonds. The Hall–Kier alpha value is -2.55. The SMILES string of the molecule is C=C(C1CCCN1Sc1ccc(Cl)c(Cl)c1)N1CC(N(N)/C=C(\N)CCc2ccc(C(P)NCc3ccccc3)cc2)CC1C(=O)C(C)C. The molecule has 5 unspecified atom stereocenters. The normalized spacial score (nSPS) is 20.6. The fourth-order valence-electron chi connectivity index (χ4n) is 6.53. The minimum atomic E-state index is -0.281. The van der Waals surface area contributed by atoms with Gasteiger partial charge in [-0.3, -0.25) is 4.79 Å². The molecule has 0 spiro atoms. The Balaban J connectivity index is 1.17. The fourth-order valence-corrected chi connectivity index (χ4v) is 8.38. The maximum absolute atomic E-state index is 13.5. The lowest BCUT2D eigenvalue weighted by molar-refractivity contribution is -0.125. The Morgan fingerprint density at radius 2 is 1.82 bits per heavy atom. The Bertz CT molecular complexity index is 1610. The smallest absolute Gasteiger partial charge is 0.157 e. The van der Waals surface area contributed by atoms with Crippen LogP contribution in [0, 0.1) is 5.92 Å². The van der Waals surface area contributed by atoms with E-state index in [4.69, 9.17) is 34.8 Å². The van der Waals surface area contributed by atoms with Crippen LogP contribution in [0.5, 0.6) is 0 Å². The number of halogens is 2. The molecular formula is C38H49Cl2N6OPS. The van der Waals surface area contributed by atoms with E-state index in [1.54, 1.807) is 17.0 Å². The van der Waals surface area contributed by atoms with Gasteiger partial charge in [0.05, 0.1) is 28.2 Å². The zero-order valence-corrected chi connectivity index (χ0v) is 31.9. The number of benzene rings is 3. The Morgan fingerprint density at radius 3 is 2.51 bits per heavy atom. The summed E-state index contributed by atoms with van der Waals surface area (Å²) in [6.07, 6.45) is 5.98. The largest absolute Gasteiger partial charge is 0.401 e. The molecule has 7 nitrogen and oxygen atoms in total. The van der Waals surface area contributed by atoms with Gasteiger partial charge >= 0.3 is 0 Å². The van der Waals surface area contributed by atoms with Crippen molar-refractivity contribution in [1.29, 1.82) is 0 Å². The average Bonchev–Trinajstić information content (AvgIpc) is 3.76. The highest BCUT2D eigenvalue weighted by atomic mass is 35.5. The second-order valence-electron chi connectivity index (χ2n) is 13.3. The van der Waals surface area contributed by atoms with Crippen molar-refractivity contribution in [3.05, 3.63) is 124 Å². The molecule has 0 aliphatic carbocycles. The number of hydrogen-bond donors (Lipinski definition) is 3. The molecule has 3 aromatic rings. The fraction of sp³-hybridized carbons (Fsp3) is 0.395. The van der Waals surface area contributed by atoms with Crippen LogP contribution in [0.3, 0.4) is 0 Å². The number of hydrogen-bond acceptors (Lipinski definition) is 8. The summed E-state index contributed by atoms with van der Waals surface area (Å²) >= 11 is 14.1. The predicted octanol–water partition coefficient (Wildman–Crippen LogP) is 7.92. The van der Waals surface area contributed by atoms with E-state index in [0.29, 0.717) is 35.1 Å². The summed E-state index contributed by atoms with van der Waals surface area (Å²) in [4.78, 5) is 16.7. The van der Waals surface area contributed by atoms with Crippen molar-refractivity contribution < 1.29 is 4.79 Å². The first kappa shape index (κ1) is 37.7. The number of Topliss-reactive ketones (excluding diaryl/α,β-unsaturated/α-hetero) is 1. The highest BCUT2D eigenvalue weighted by Gasteiger charge is 2.42. The maximum Gasteiger partial charge on any atom is 0.157 e. The number of carbonyl (C=O) groups excluding carboxylic acids is 1. The van der Waals surface area contributed by atoms with Crippen LogP contribution in [0.4, 0.5) is 0 Å². The molecule has 2 fully saturated rings. The van der Waals surface area contributed by atoms with Gasteiger partial charge in [0.25, 0.3) is 0 Å². The van der Waals surface area contributed by atoms with Gasteiger partial charge in [-0.15, -0.1) is 9.24 Å². The molecular weight excluding hydrogens is 690 g/mol. The molecule has 5 N–H and O–H groups in total. The summed E-state index contributed by atoms with van der Waals surface area (Å²) in [7, 11) is 2.89. The summed E-state index contributed by atoms with van der Waals surface area (Å²) in [5.74, 6) is 6.92. The summed E-state index contributed by atoms with van der Waals surface area (Å²) < 4.78 is 2.34. The molecule has 5 atom stereocenters. The van der Waals surface area contributed by atoms with E-state index < -0.39 is 0 Å². The first-order chi connectivity index (χ1) is 23.5. The van der Waals surface area contributed by atoms with Gasteiger partial charge in [0.1, 0.15) is 0 Å². The maximum atomic E-state index is 13.5. The zero-order valence-electron chi connectivity index (χ0n) is 28.4. The van der Waals surface area contributed by atoms with Gasteiger partial charge in [-0.1, -0.05) is 98.2 Å². The van der Waals surface area contributed by atoms with Gasteiger partial charge in [0, 0.05) is 53.8 Å². The summed E-state index contributed by atoms with van der Waals surface area (Å²) in [6, 6.07) is 24.5. The van der Waals surface area contributed by atoms with Crippen LogP contribution in [0.15, 0.2) is 102 Å². The van der Waals surface area contributed by atoms with Crippen molar-refractivity contribution in [3.8, 4) is 0 Å². The molecule has 2 saturated heterocycles. The Kier molecular flexibility index (Phi) is 13.5. The standard InChI is InChI=1S/C38H49Cl2N6OPS/c1-25(2)37(47)36-20-31(24-44(36)26(3)35-10-7-19-46(35)49-32-17-18-33(39)34(40)21-32)45(42)23-30(41)16-13-27-11-14-29(15-12-27)38(48)43-22-28-8-5-4-6-9-28/h4-6,8-9,11-12,14-15,17-18,21,23,25,31,35-36,38,43H,3,7,10,13,16,19-20,22,24,41-42,48H2,1-2H3/b30-23-. The van der Waals surface area contributed by atoms with Gasteiger partial charge in [-0.2, -0.15) is 0 Å². The van der Waals surface area contributed by atoms with E-state index in [0.717, 1.165) is 42.9 Å². The van der Waals surface area contributed by atoms with Crippen molar-refractivity contribution in [2.24, 2.45) is 17.5 Å². The number of nitrogens with two attached hydrogens (primary N) is 2. The van der Waals surface area contributed by atoms with Crippen molar-refractivity contribution in [2.75, 3.05) is 13.1 Å². The van der Waals surface area contributed by atoms with Crippen LogP contribution in [0.2, 0.25) is 10.0 Å². The molecule has 3 aromatic carbocycles. The number of ketones is 1. The van der Waals surface area contributed by atoms with E-state index in [-0.39, 0.29) is 35.6 Å². The lowest BCUT2D eigenvalue weighted by atomic mass is 9.98. The number of aryl methyl sites for hydroxylation is 1. The number of nitrogens with zero attached hydrogens (tertiary/aromatic N) is 3. The van der Waals surface area contributed by atoms with Gasteiger partial charge in [0.15, 0.2) is 5.78 Å². The zero-order chi connectivity index (χ0) is 35.1. The van der Waals surface area contributed by atoms with Crippen molar-refractivity contribution in [2.45, 2.75) is 81.3 Å². The van der Waals surface area contributed by atoms with E-state index in [1.807, 2.05) is 44.3 Å². The third-order valence-corrected chi connectivity index (χ3v) is 11.9. The number of carbonyl (C=O) groups is 1. The third kappa shape index (κ3) is 10.0. The van der Waals surface area contributed by atoms with E-state index in [2.05, 4.69) is 78.9 Å². The molecule has 0 radical (unpaired) electrons. The molecule has 2 aliphatic rings. The van der Waals surface area contributed by atoms with Crippen molar-refractivity contribution in [3.63, 3.8) is 0 Å². The van der Waals surface area contributed by atoms with E-state index >= 15 is 0 Å². The van der Waals surface area contributed by atoms with Gasteiger partial charge in [0.2, 0.25) is 0 Å². The second-order valence-corrected chi connectivity index (χ2v) is 15.9. The van der Waals surface area contributed by atoms with Crippen molar-refractivity contribution >= 4 is 50.2 Å². The lowest BCUT2D eigenvalue weighted by Crippen LogP contribution is -2.43. The number of likely N-dealkylation sites (tertiary alicyclic amines) is 1. The van der Waals surface area contributed by atoms with Crippen molar-refractivity contribution in [1.82, 2.24) is 19.5 Å². The molecule has 0 saturated carbocycles. The van der Waals surface area contributed by atoms with Gasteiger partial charge < -0.3 is 21.0 Å². The lowest BCUT2D eigenvalue weighted by Gasteiger charge is -2.35. The second kappa shape index (κ2) is 17.6. The van der Waals surface area contributed by atoms with Gasteiger partial charge in [-0.25, -0.2) is 10.1 Å². The molecule has 262 valence electrons. The summed E-state index contributed by atoms with van der Waals surface area (Å²) in [5.41, 5.74) is 11.9.